The van der Waals surface area contributed by atoms with E-state index in [4.69, 9.17) is 16.3 Å². The fourth-order valence-electron chi connectivity index (χ4n) is 4.32. The van der Waals surface area contributed by atoms with Gasteiger partial charge in [-0.1, -0.05) is 48.0 Å². The van der Waals surface area contributed by atoms with E-state index in [9.17, 15) is 9.59 Å². The highest BCUT2D eigenvalue weighted by Crippen LogP contribution is 2.20. The van der Waals surface area contributed by atoms with Crippen LogP contribution in [0, 0.1) is 0 Å². The van der Waals surface area contributed by atoms with Crippen LogP contribution in [0.25, 0.3) is 11.8 Å². The van der Waals surface area contributed by atoms with Crippen molar-refractivity contribution >= 4 is 41.1 Å². The van der Waals surface area contributed by atoms with Crippen molar-refractivity contribution in [3.05, 3.63) is 131 Å². The number of carbonyl (C=O) groups excluding carboxylic acids is 2. The van der Waals surface area contributed by atoms with Crippen LogP contribution in [0.4, 0.5) is 16.2 Å². The lowest BCUT2D eigenvalue weighted by Gasteiger charge is -2.20. The molecule has 2 amide bonds. The standard InChI is InChI=1S/C32H29ClN8O3/c33-25-10-15-30(41-22-36-39-40-41)24(19-25)9-16-31(42)37-29(18-23-6-2-1-3-7-23)20-35-26-11-13-27(14-12-26)38-32(43)44-21-28-8-4-5-17-34-28/h1-17,19,22,29,35H,18,20-21H2,(H,37,42)(H,38,43). The Labute approximate surface area is 258 Å². The SMILES string of the molecule is O=C(C=Cc1cc(Cl)ccc1-n1cnnn1)NC(CNc1ccc(NC(=O)OCc2ccccn2)cc1)Cc1ccccc1. The molecule has 2 heterocycles. The fourth-order valence-corrected chi connectivity index (χ4v) is 4.50. The van der Waals surface area contributed by atoms with Gasteiger partial charge in [0.2, 0.25) is 5.91 Å². The van der Waals surface area contributed by atoms with Gasteiger partial charge >= 0.3 is 6.09 Å². The Hall–Kier alpha value is -5.55. The maximum atomic E-state index is 13.0. The Bertz CT molecular complexity index is 1680. The Kier molecular flexibility index (Phi) is 10.3. The first kappa shape index (κ1) is 29.9. The fraction of sp³-hybridized carbons (Fsp3) is 0.125. The lowest BCUT2D eigenvalue weighted by atomic mass is 10.1. The topological polar surface area (TPSA) is 136 Å². The molecule has 0 fully saturated rings. The molecule has 222 valence electrons. The summed E-state index contributed by atoms with van der Waals surface area (Å²) in [5.41, 5.74) is 4.53. The third-order valence-corrected chi connectivity index (χ3v) is 6.67. The van der Waals surface area contributed by atoms with Gasteiger partial charge in [0.25, 0.3) is 0 Å². The van der Waals surface area contributed by atoms with Crippen molar-refractivity contribution in [2.24, 2.45) is 0 Å². The first-order chi connectivity index (χ1) is 21.5. The van der Waals surface area contributed by atoms with E-state index in [2.05, 4.69) is 36.5 Å². The third kappa shape index (κ3) is 8.97. The second kappa shape index (κ2) is 15.1. The van der Waals surface area contributed by atoms with Crippen LogP contribution >= 0.6 is 11.6 Å². The van der Waals surface area contributed by atoms with Gasteiger partial charge in [0, 0.05) is 40.8 Å². The molecule has 0 bridgehead atoms. The van der Waals surface area contributed by atoms with Crippen LogP contribution in [-0.4, -0.2) is 49.8 Å². The first-order valence-electron chi connectivity index (χ1n) is 13.7. The average Bonchev–Trinajstić information content (AvgIpc) is 3.58. The first-order valence-corrected chi connectivity index (χ1v) is 14.1. The molecule has 2 aromatic heterocycles. The molecular formula is C32H29ClN8O3. The minimum absolute atomic E-state index is 0.0789. The minimum atomic E-state index is -0.571. The zero-order valence-electron chi connectivity index (χ0n) is 23.5. The zero-order valence-corrected chi connectivity index (χ0v) is 24.3. The quantitative estimate of drug-likeness (QED) is 0.162. The molecule has 1 atom stereocenters. The van der Waals surface area contributed by atoms with E-state index in [0.29, 0.717) is 40.6 Å². The minimum Gasteiger partial charge on any atom is -0.443 e. The number of aromatic nitrogens is 5. The number of nitrogens with one attached hydrogen (secondary N) is 3. The summed E-state index contributed by atoms with van der Waals surface area (Å²) in [6.07, 6.45) is 6.30. The van der Waals surface area contributed by atoms with Crippen LogP contribution in [0.2, 0.25) is 5.02 Å². The van der Waals surface area contributed by atoms with Gasteiger partial charge in [0.15, 0.2) is 0 Å². The Balaban J connectivity index is 1.19. The number of rotatable bonds is 12. The van der Waals surface area contributed by atoms with E-state index in [-0.39, 0.29) is 18.6 Å². The molecule has 3 N–H and O–H groups in total. The number of carbonyl (C=O) groups is 2. The molecule has 5 aromatic rings. The summed E-state index contributed by atoms with van der Waals surface area (Å²) in [5, 5.41) is 21.0. The largest absolute Gasteiger partial charge is 0.443 e. The van der Waals surface area contributed by atoms with Crippen LogP contribution in [0.3, 0.4) is 0 Å². The van der Waals surface area contributed by atoms with Crippen molar-refractivity contribution in [1.82, 2.24) is 30.5 Å². The van der Waals surface area contributed by atoms with Crippen LogP contribution in [0.15, 0.2) is 110 Å². The predicted octanol–water partition coefficient (Wildman–Crippen LogP) is 5.31. The lowest BCUT2D eigenvalue weighted by Crippen LogP contribution is -2.40. The highest BCUT2D eigenvalue weighted by molar-refractivity contribution is 6.30. The number of tetrazole rings is 1. The number of benzene rings is 3. The van der Waals surface area contributed by atoms with Gasteiger partial charge in [0.05, 0.1) is 17.4 Å². The number of anilines is 2. The van der Waals surface area contributed by atoms with Gasteiger partial charge < -0.3 is 15.4 Å². The Morgan fingerprint density at radius 1 is 0.955 bits per heavy atom. The van der Waals surface area contributed by atoms with Gasteiger partial charge in [-0.25, -0.2) is 4.79 Å². The van der Waals surface area contributed by atoms with E-state index in [1.165, 1.54) is 17.1 Å². The van der Waals surface area contributed by atoms with E-state index in [1.54, 1.807) is 54.7 Å². The lowest BCUT2D eigenvalue weighted by molar-refractivity contribution is -0.117. The van der Waals surface area contributed by atoms with E-state index < -0.39 is 6.09 Å². The van der Waals surface area contributed by atoms with E-state index in [1.807, 2.05) is 48.5 Å². The Morgan fingerprint density at radius 2 is 1.75 bits per heavy atom. The van der Waals surface area contributed by atoms with Gasteiger partial charge in [-0.15, -0.1) is 5.10 Å². The van der Waals surface area contributed by atoms with E-state index >= 15 is 0 Å². The molecule has 11 nitrogen and oxygen atoms in total. The summed E-state index contributed by atoms with van der Waals surface area (Å²) in [5.74, 6) is -0.265. The molecule has 12 heteroatoms. The summed E-state index contributed by atoms with van der Waals surface area (Å²) < 4.78 is 6.73. The number of amides is 2. The van der Waals surface area contributed by atoms with Crippen LogP contribution in [-0.2, 0) is 22.6 Å². The van der Waals surface area contributed by atoms with Crippen LogP contribution in [0.1, 0.15) is 16.8 Å². The number of ether oxygens (including phenoxy) is 1. The molecule has 0 aliphatic rings. The zero-order chi connectivity index (χ0) is 30.6. The predicted molar refractivity (Wildman–Crippen MR) is 168 cm³/mol. The summed E-state index contributed by atoms with van der Waals surface area (Å²) in [4.78, 5) is 29.3. The van der Waals surface area contributed by atoms with Crippen LogP contribution in [0.5, 0.6) is 0 Å². The number of hydrogen-bond acceptors (Lipinski definition) is 8. The molecule has 0 spiro atoms. The molecule has 0 saturated carbocycles. The summed E-state index contributed by atoms with van der Waals surface area (Å²) in [6, 6.07) is 27.6. The van der Waals surface area contributed by atoms with Gasteiger partial charge in [-0.05, 0) is 83.1 Å². The molecule has 44 heavy (non-hydrogen) atoms. The molecular weight excluding hydrogens is 580 g/mol. The van der Waals surface area contributed by atoms with Crippen LogP contribution < -0.4 is 16.0 Å². The van der Waals surface area contributed by atoms with Gasteiger partial charge in [-0.2, -0.15) is 4.68 Å². The molecule has 1 unspecified atom stereocenters. The van der Waals surface area contributed by atoms with E-state index in [0.717, 1.165) is 11.3 Å². The van der Waals surface area contributed by atoms with Crippen molar-refractivity contribution in [3.63, 3.8) is 0 Å². The van der Waals surface area contributed by atoms with Gasteiger partial charge in [-0.3, -0.25) is 15.1 Å². The third-order valence-electron chi connectivity index (χ3n) is 6.43. The summed E-state index contributed by atoms with van der Waals surface area (Å²) >= 11 is 6.21. The summed E-state index contributed by atoms with van der Waals surface area (Å²) in [6.45, 7) is 0.538. The van der Waals surface area contributed by atoms with Gasteiger partial charge in [0.1, 0.15) is 12.9 Å². The monoisotopic (exact) mass is 608 g/mol. The molecule has 3 aromatic carbocycles. The highest BCUT2D eigenvalue weighted by Gasteiger charge is 2.13. The highest BCUT2D eigenvalue weighted by atomic mass is 35.5. The number of nitrogens with zero attached hydrogens (tertiary/aromatic N) is 5. The molecule has 0 saturated heterocycles. The second-order valence-electron chi connectivity index (χ2n) is 9.67. The van der Waals surface area contributed by atoms with Crippen molar-refractivity contribution in [2.75, 3.05) is 17.2 Å². The maximum absolute atomic E-state index is 13.0. The Morgan fingerprint density at radius 3 is 2.50 bits per heavy atom. The number of halogens is 1. The van der Waals surface area contributed by atoms with Crippen molar-refractivity contribution in [3.8, 4) is 5.69 Å². The average molecular weight is 609 g/mol. The molecule has 0 aliphatic heterocycles. The molecule has 5 rings (SSSR count). The smallest absolute Gasteiger partial charge is 0.412 e. The normalized spacial score (nSPS) is 11.6. The van der Waals surface area contributed by atoms with Crippen molar-refractivity contribution in [2.45, 2.75) is 19.1 Å². The maximum Gasteiger partial charge on any atom is 0.412 e. The van der Waals surface area contributed by atoms with Crippen molar-refractivity contribution in [1.29, 1.82) is 0 Å². The number of hydrogen-bond donors (Lipinski definition) is 3. The van der Waals surface area contributed by atoms with Crippen molar-refractivity contribution < 1.29 is 14.3 Å². The molecule has 0 aliphatic carbocycles. The summed E-state index contributed by atoms with van der Waals surface area (Å²) in [7, 11) is 0. The number of pyridine rings is 1. The second-order valence-corrected chi connectivity index (χ2v) is 10.1. The molecule has 0 radical (unpaired) electrons.